The minimum Gasteiger partial charge on any atom is -0.394 e. The molecular weight excluding hydrogens is 344 g/mol. The van der Waals surface area contributed by atoms with Crippen LogP contribution in [0.25, 0.3) is 0 Å². The van der Waals surface area contributed by atoms with Crippen LogP contribution in [0.2, 0.25) is 0 Å². The van der Waals surface area contributed by atoms with Crippen LogP contribution in [0.3, 0.4) is 0 Å². The summed E-state index contributed by atoms with van der Waals surface area (Å²) in [6.07, 6.45) is 4.71. The molecule has 0 bridgehead atoms. The molecule has 0 unspecified atom stereocenters. The predicted molar refractivity (Wildman–Crippen MR) is 107 cm³/mol. The number of nitrogens with one attached hydrogen (secondary N) is 1. The first-order valence-corrected chi connectivity index (χ1v) is 10.2. The highest BCUT2D eigenvalue weighted by Crippen LogP contribution is 2.23. The second kappa shape index (κ2) is 14.0. The normalized spacial score (nSPS) is 20.3. The van der Waals surface area contributed by atoms with E-state index in [2.05, 4.69) is 40.5 Å². The highest BCUT2D eigenvalue weighted by Gasteiger charge is 2.25. The van der Waals surface area contributed by atoms with Gasteiger partial charge in [0.25, 0.3) is 0 Å². The van der Waals surface area contributed by atoms with Crippen molar-refractivity contribution in [2.45, 2.75) is 44.3 Å². The zero-order valence-corrected chi connectivity index (χ0v) is 16.4. The van der Waals surface area contributed by atoms with Crippen LogP contribution in [0.4, 0.5) is 0 Å². The number of benzene rings is 1. The maximum atomic E-state index is 8.85. The molecule has 6 heteroatoms. The number of aliphatic hydroxyl groups is 2. The van der Waals surface area contributed by atoms with Gasteiger partial charge in [-0.2, -0.15) is 0 Å². The van der Waals surface area contributed by atoms with E-state index in [1.165, 1.54) is 31.2 Å². The summed E-state index contributed by atoms with van der Waals surface area (Å²) >= 11 is 0. The quantitative estimate of drug-likeness (QED) is 0.424. The Kier molecular flexibility index (Phi) is 11.6. The van der Waals surface area contributed by atoms with Crippen LogP contribution < -0.4 is 5.32 Å². The molecule has 1 saturated carbocycles. The third kappa shape index (κ3) is 9.14. The summed E-state index contributed by atoms with van der Waals surface area (Å²) in [5, 5.41) is 21.4. The molecule has 0 spiro atoms. The van der Waals surface area contributed by atoms with Crippen molar-refractivity contribution in [3.63, 3.8) is 0 Å². The number of hydrogen-bond donors (Lipinski definition) is 3. The minimum atomic E-state index is 0.0673. The van der Waals surface area contributed by atoms with E-state index >= 15 is 0 Å². The molecule has 1 aromatic rings. The van der Waals surface area contributed by atoms with E-state index in [0.717, 1.165) is 19.6 Å². The molecular formula is C21H36N2O4. The first-order valence-electron chi connectivity index (χ1n) is 10.2. The van der Waals surface area contributed by atoms with Gasteiger partial charge in [0, 0.05) is 31.7 Å². The molecule has 0 amide bonds. The predicted octanol–water partition coefficient (Wildman–Crippen LogP) is 1.41. The van der Waals surface area contributed by atoms with Crippen molar-refractivity contribution in [3.05, 3.63) is 35.9 Å². The van der Waals surface area contributed by atoms with Crippen molar-refractivity contribution in [3.8, 4) is 0 Å². The number of nitrogens with zero attached hydrogens (tertiary/aromatic N) is 1. The molecule has 1 fully saturated rings. The van der Waals surface area contributed by atoms with Crippen LogP contribution in [0.5, 0.6) is 0 Å². The average molecular weight is 381 g/mol. The van der Waals surface area contributed by atoms with Gasteiger partial charge in [0.1, 0.15) is 0 Å². The lowest BCUT2D eigenvalue weighted by molar-refractivity contribution is 0.0292. The fourth-order valence-electron chi connectivity index (χ4n) is 3.68. The maximum absolute atomic E-state index is 8.85. The van der Waals surface area contributed by atoms with Crippen molar-refractivity contribution >= 4 is 0 Å². The van der Waals surface area contributed by atoms with Crippen LogP contribution in [-0.4, -0.2) is 79.9 Å². The van der Waals surface area contributed by atoms with E-state index in [4.69, 9.17) is 19.7 Å². The number of ether oxygens (including phenoxy) is 2. The highest BCUT2D eigenvalue weighted by atomic mass is 16.5. The smallest absolute Gasteiger partial charge is 0.0698 e. The van der Waals surface area contributed by atoms with Gasteiger partial charge in [-0.15, -0.1) is 0 Å². The Labute approximate surface area is 163 Å². The SMILES string of the molecule is OCCOCCN(CCOCCO)C1CCC(NCc2ccccc2)CC1. The van der Waals surface area contributed by atoms with Crippen molar-refractivity contribution in [1.82, 2.24) is 10.2 Å². The topological polar surface area (TPSA) is 74.2 Å². The van der Waals surface area contributed by atoms with Gasteiger partial charge < -0.3 is 25.0 Å². The molecule has 0 saturated heterocycles. The summed E-state index contributed by atoms with van der Waals surface area (Å²) < 4.78 is 10.9. The zero-order valence-electron chi connectivity index (χ0n) is 16.4. The van der Waals surface area contributed by atoms with Gasteiger partial charge in [-0.05, 0) is 31.2 Å². The largest absolute Gasteiger partial charge is 0.394 e. The molecule has 0 aromatic heterocycles. The van der Waals surface area contributed by atoms with E-state index in [1.807, 2.05) is 0 Å². The molecule has 0 radical (unpaired) electrons. The standard InChI is InChI=1S/C21H36N2O4/c24-12-16-26-14-10-23(11-15-27-17-13-25)21-8-6-20(7-9-21)22-18-19-4-2-1-3-5-19/h1-5,20-22,24-25H,6-18H2. The van der Waals surface area contributed by atoms with E-state index in [1.54, 1.807) is 0 Å². The van der Waals surface area contributed by atoms with E-state index in [-0.39, 0.29) is 13.2 Å². The molecule has 1 aliphatic carbocycles. The molecule has 1 aliphatic rings. The Morgan fingerprint density at radius 3 is 2.00 bits per heavy atom. The van der Waals surface area contributed by atoms with Gasteiger partial charge in [-0.25, -0.2) is 0 Å². The lowest BCUT2D eigenvalue weighted by atomic mass is 9.90. The fraction of sp³-hybridized carbons (Fsp3) is 0.714. The van der Waals surface area contributed by atoms with Crippen LogP contribution in [0.15, 0.2) is 30.3 Å². The monoisotopic (exact) mass is 380 g/mol. The summed E-state index contributed by atoms with van der Waals surface area (Å²) in [6.45, 7) is 4.83. The van der Waals surface area contributed by atoms with Gasteiger partial charge >= 0.3 is 0 Å². The number of hydrogen-bond acceptors (Lipinski definition) is 6. The third-order valence-corrected chi connectivity index (χ3v) is 5.17. The van der Waals surface area contributed by atoms with Crippen LogP contribution in [-0.2, 0) is 16.0 Å². The average Bonchev–Trinajstić information content (AvgIpc) is 2.72. The van der Waals surface area contributed by atoms with Crippen LogP contribution in [0, 0.1) is 0 Å². The first kappa shape index (κ1) is 22.3. The molecule has 1 aromatic carbocycles. The molecule has 3 N–H and O–H groups in total. The van der Waals surface area contributed by atoms with Gasteiger partial charge in [0.2, 0.25) is 0 Å². The molecule has 2 rings (SSSR count). The maximum Gasteiger partial charge on any atom is 0.0698 e. The molecule has 0 heterocycles. The lowest BCUT2D eigenvalue weighted by Crippen LogP contribution is -2.45. The molecule has 27 heavy (non-hydrogen) atoms. The Balaban J connectivity index is 1.71. The molecule has 154 valence electrons. The lowest BCUT2D eigenvalue weighted by Gasteiger charge is -2.37. The molecule has 6 nitrogen and oxygen atoms in total. The third-order valence-electron chi connectivity index (χ3n) is 5.17. The molecule has 0 atom stereocenters. The van der Waals surface area contributed by atoms with Gasteiger partial charge in [0.15, 0.2) is 0 Å². The van der Waals surface area contributed by atoms with Gasteiger partial charge in [-0.1, -0.05) is 30.3 Å². The number of rotatable bonds is 14. The Bertz CT molecular complexity index is 455. The second-order valence-corrected chi connectivity index (χ2v) is 7.08. The summed E-state index contributed by atoms with van der Waals surface area (Å²) in [4.78, 5) is 2.45. The molecule has 0 aliphatic heterocycles. The fourth-order valence-corrected chi connectivity index (χ4v) is 3.68. The van der Waals surface area contributed by atoms with Gasteiger partial charge in [-0.3, -0.25) is 4.90 Å². The number of aliphatic hydroxyl groups excluding tert-OH is 2. The first-order chi connectivity index (χ1) is 13.3. The van der Waals surface area contributed by atoms with Crippen molar-refractivity contribution in [1.29, 1.82) is 0 Å². The van der Waals surface area contributed by atoms with Crippen molar-refractivity contribution < 1.29 is 19.7 Å². The van der Waals surface area contributed by atoms with E-state index < -0.39 is 0 Å². The summed E-state index contributed by atoms with van der Waals surface area (Å²) in [6, 6.07) is 11.7. The Hall–Kier alpha value is -1.02. The van der Waals surface area contributed by atoms with Crippen molar-refractivity contribution in [2.75, 3.05) is 52.7 Å². The second-order valence-electron chi connectivity index (χ2n) is 7.08. The Morgan fingerprint density at radius 2 is 1.44 bits per heavy atom. The zero-order chi connectivity index (χ0) is 19.2. The Morgan fingerprint density at radius 1 is 0.852 bits per heavy atom. The van der Waals surface area contributed by atoms with Crippen molar-refractivity contribution in [2.24, 2.45) is 0 Å². The summed E-state index contributed by atoms with van der Waals surface area (Å²) in [7, 11) is 0. The summed E-state index contributed by atoms with van der Waals surface area (Å²) in [5.41, 5.74) is 1.34. The van der Waals surface area contributed by atoms with Gasteiger partial charge in [0.05, 0.1) is 39.6 Å². The van der Waals surface area contributed by atoms with Crippen LogP contribution in [0.1, 0.15) is 31.2 Å². The van der Waals surface area contributed by atoms with Crippen LogP contribution >= 0.6 is 0 Å². The highest BCUT2D eigenvalue weighted by molar-refractivity contribution is 5.14. The summed E-state index contributed by atoms with van der Waals surface area (Å²) in [5.74, 6) is 0. The van der Waals surface area contributed by atoms with E-state index in [0.29, 0.717) is 38.5 Å². The minimum absolute atomic E-state index is 0.0673. The van der Waals surface area contributed by atoms with E-state index in [9.17, 15) is 0 Å².